The molecule has 0 atom stereocenters. The SMILES string of the molecule is CCCn1cnc2c(sc3ccccc32)c1=O. The van der Waals surface area contributed by atoms with E-state index in [0.717, 1.165) is 33.3 Å². The quantitative estimate of drug-likeness (QED) is 0.694. The fourth-order valence-corrected chi connectivity index (χ4v) is 3.12. The van der Waals surface area contributed by atoms with E-state index in [2.05, 4.69) is 11.9 Å². The summed E-state index contributed by atoms with van der Waals surface area (Å²) in [6, 6.07) is 8.02. The number of fused-ring (bicyclic) bond motifs is 3. The topological polar surface area (TPSA) is 34.9 Å². The third kappa shape index (κ3) is 1.56. The monoisotopic (exact) mass is 244 g/mol. The molecule has 4 heteroatoms. The average molecular weight is 244 g/mol. The molecule has 0 aliphatic heterocycles. The molecule has 17 heavy (non-hydrogen) atoms. The van der Waals surface area contributed by atoms with Crippen molar-refractivity contribution in [3.63, 3.8) is 0 Å². The molecule has 3 nitrogen and oxygen atoms in total. The van der Waals surface area contributed by atoms with E-state index >= 15 is 0 Å². The highest BCUT2D eigenvalue weighted by Crippen LogP contribution is 2.29. The Morgan fingerprint density at radius 3 is 3.00 bits per heavy atom. The van der Waals surface area contributed by atoms with Crippen molar-refractivity contribution >= 4 is 31.6 Å². The van der Waals surface area contributed by atoms with Crippen molar-refractivity contribution in [3.05, 3.63) is 40.9 Å². The standard InChI is InChI=1S/C13H12N2OS/c1-2-7-15-8-14-11-9-5-3-4-6-10(9)17-12(11)13(15)16/h3-6,8H,2,7H2,1H3. The maximum absolute atomic E-state index is 12.2. The summed E-state index contributed by atoms with van der Waals surface area (Å²) in [5.74, 6) is 0. The number of nitrogens with zero attached hydrogens (tertiary/aromatic N) is 2. The fourth-order valence-electron chi connectivity index (χ4n) is 2.02. The van der Waals surface area contributed by atoms with Crippen LogP contribution in [0, 0.1) is 0 Å². The first-order chi connectivity index (χ1) is 8.31. The Bertz CT molecular complexity index is 742. The zero-order valence-electron chi connectivity index (χ0n) is 9.51. The molecular formula is C13H12N2OS. The summed E-state index contributed by atoms with van der Waals surface area (Å²) in [4.78, 5) is 16.6. The summed E-state index contributed by atoms with van der Waals surface area (Å²) in [5, 5.41) is 1.08. The van der Waals surface area contributed by atoms with Crippen molar-refractivity contribution in [2.75, 3.05) is 0 Å². The van der Waals surface area contributed by atoms with Gasteiger partial charge in [-0.15, -0.1) is 11.3 Å². The first-order valence-corrected chi connectivity index (χ1v) is 6.49. The molecule has 3 aromatic rings. The molecule has 0 fully saturated rings. The van der Waals surface area contributed by atoms with Crippen molar-refractivity contribution in [2.24, 2.45) is 0 Å². The third-order valence-corrected chi connectivity index (χ3v) is 3.96. The lowest BCUT2D eigenvalue weighted by Crippen LogP contribution is -2.19. The molecule has 0 N–H and O–H groups in total. The number of aromatic nitrogens is 2. The van der Waals surface area contributed by atoms with Gasteiger partial charge in [-0.2, -0.15) is 0 Å². The molecule has 3 rings (SSSR count). The second-order valence-electron chi connectivity index (χ2n) is 4.02. The lowest BCUT2D eigenvalue weighted by molar-refractivity contribution is 0.649. The zero-order valence-corrected chi connectivity index (χ0v) is 10.3. The third-order valence-electron chi connectivity index (χ3n) is 2.82. The van der Waals surface area contributed by atoms with Crippen LogP contribution in [0.1, 0.15) is 13.3 Å². The molecule has 0 bridgehead atoms. The van der Waals surface area contributed by atoms with Crippen LogP contribution in [0.25, 0.3) is 20.3 Å². The van der Waals surface area contributed by atoms with Crippen LogP contribution in [-0.2, 0) is 6.54 Å². The van der Waals surface area contributed by atoms with Gasteiger partial charge in [0.15, 0.2) is 0 Å². The normalized spacial score (nSPS) is 11.4. The summed E-state index contributed by atoms with van der Waals surface area (Å²) in [6.45, 7) is 2.79. The zero-order chi connectivity index (χ0) is 11.8. The minimum absolute atomic E-state index is 0.0815. The minimum Gasteiger partial charge on any atom is -0.298 e. The lowest BCUT2D eigenvalue weighted by Gasteiger charge is -2.01. The van der Waals surface area contributed by atoms with E-state index in [9.17, 15) is 4.79 Å². The molecule has 0 amide bonds. The van der Waals surface area contributed by atoms with E-state index in [1.54, 1.807) is 10.9 Å². The average Bonchev–Trinajstić information content (AvgIpc) is 2.73. The van der Waals surface area contributed by atoms with Crippen molar-refractivity contribution in [2.45, 2.75) is 19.9 Å². The van der Waals surface area contributed by atoms with E-state index in [0.29, 0.717) is 0 Å². The molecule has 0 aliphatic carbocycles. The van der Waals surface area contributed by atoms with Crippen LogP contribution in [0.5, 0.6) is 0 Å². The highest BCUT2D eigenvalue weighted by atomic mass is 32.1. The van der Waals surface area contributed by atoms with Crippen LogP contribution >= 0.6 is 11.3 Å². The second kappa shape index (κ2) is 3.96. The van der Waals surface area contributed by atoms with E-state index in [4.69, 9.17) is 0 Å². The molecule has 0 saturated heterocycles. The first-order valence-electron chi connectivity index (χ1n) is 5.68. The minimum atomic E-state index is 0.0815. The van der Waals surface area contributed by atoms with Gasteiger partial charge in [-0.3, -0.25) is 9.36 Å². The van der Waals surface area contributed by atoms with Gasteiger partial charge in [0, 0.05) is 16.6 Å². The second-order valence-corrected chi connectivity index (χ2v) is 5.07. The van der Waals surface area contributed by atoms with E-state index in [-0.39, 0.29) is 5.56 Å². The Kier molecular flexibility index (Phi) is 2.44. The van der Waals surface area contributed by atoms with Crippen LogP contribution in [-0.4, -0.2) is 9.55 Å². The van der Waals surface area contributed by atoms with E-state index in [1.165, 1.54) is 11.3 Å². The van der Waals surface area contributed by atoms with Crippen molar-refractivity contribution in [1.82, 2.24) is 9.55 Å². The molecule has 0 aliphatic rings. The molecule has 86 valence electrons. The molecule has 2 aromatic heterocycles. The highest BCUT2D eigenvalue weighted by Gasteiger charge is 2.10. The molecular weight excluding hydrogens is 232 g/mol. The Balaban J connectivity index is 2.41. The van der Waals surface area contributed by atoms with Gasteiger partial charge in [-0.25, -0.2) is 4.98 Å². The molecule has 0 radical (unpaired) electrons. The summed E-state index contributed by atoms with van der Waals surface area (Å²) < 4.78 is 3.58. The summed E-state index contributed by atoms with van der Waals surface area (Å²) in [7, 11) is 0. The largest absolute Gasteiger partial charge is 0.298 e. The van der Waals surface area contributed by atoms with Crippen LogP contribution in [0.15, 0.2) is 35.4 Å². The maximum Gasteiger partial charge on any atom is 0.271 e. The van der Waals surface area contributed by atoms with Crippen LogP contribution in [0.2, 0.25) is 0 Å². The van der Waals surface area contributed by atoms with Crippen LogP contribution < -0.4 is 5.56 Å². The van der Waals surface area contributed by atoms with Gasteiger partial charge in [0.1, 0.15) is 4.70 Å². The van der Waals surface area contributed by atoms with Crippen molar-refractivity contribution < 1.29 is 0 Å². The van der Waals surface area contributed by atoms with Gasteiger partial charge in [-0.1, -0.05) is 25.1 Å². The Morgan fingerprint density at radius 2 is 2.18 bits per heavy atom. The summed E-state index contributed by atoms with van der Waals surface area (Å²) in [6.07, 6.45) is 2.60. The van der Waals surface area contributed by atoms with Gasteiger partial charge in [0.2, 0.25) is 0 Å². The molecule has 0 saturated carbocycles. The van der Waals surface area contributed by atoms with E-state index < -0.39 is 0 Å². The molecule has 1 aromatic carbocycles. The van der Waals surface area contributed by atoms with Gasteiger partial charge in [0.05, 0.1) is 11.8 Å². The number of aryl methyl sites for hydroxylation is 1. The Labute approximate surface area is 102 Å². The van der Waals surface area contributed by atoms with Gasteiger partial charge in [0.25, 0.3) is 5.56 Å². The van der Waals surface area contributed by atoms with Gasteiger partial charge < -0.3 is 0 Å². The number of rotatable bonds is 2. The molecule has 2 heterocycles. The summed E-state index contributed by atoms with van der Waals surface area (Å²) in [5.41, 5.74) is 0.918. The van der Waals surface area contributed by atoms with Crippen molar-refractivity contribution in [1.29, 1.82) is 0 Å². The number of benzene rings is 1. The predicted molar refractivity (Wildman–Crippen MR) is 71.7 cm³/mol. The van der Waals surface area contributed by atoms with Crippen LogP contribution in [0.3, 0.4) is 0 Å². The Morgan fingerprint density at radius 1 is 1.35 bits per heavy atom. The number of thiophene rings is 1. The number of hydrogen-bond acceptors (Lipinski definition) is 3. The molecule has 0 unspecified atom stereocenters. The number of hydrogen-bond donors (Lipinski definition) is 0. The predicted octanol–water partition coefficient (Wildman–Crippen LogP) is 3.02. The van der Waals surface area contributed by atoms with E-state index in [1.807, 2.05) is 24.3 Å². The van der Waals surface area contributed by atoms with Crippen LogP contribution in [0.4, 0.5) is 0 Å². The first kappa shape index (κ1) is 10.5. The fraction of sp³-hybridized carbons (Fsp3) is 0.231. The summed E-state index contributed by atoms with van der Waals surface area (Å²) >= 11 is 1.53. The van der Waals surface area contributed by atoms with Gasteiger partial charge >= 0.3 is 0 Å². The maximum atomic E-state index is 12.2. The van der Waals surface area contributed by atoms with Crippen molar-refractivity contribution in [3.8, 4) is 0 Å². The Hall–Kier alpha value is -1.68. The van der Waals surface area contributed by atoms with Gasteiger partial charge in [-0.05, 0) is 12.5 Å². The molecule has 0 spiro atoms. The highest BCUT2D eigenvalue weighted by molar-refractivity contribution is 7.25. The smallest absolute Gasteiger partial charge is 0.271 e. The lowest BCUT2D eigenvalue weighted by atomic mass is 10.2.